The van der Waals surface area contributed by atoms with Crippen LogP contribution >= 0.6 is 11.8 Å². The molecule has 0 aliphatic carbocycles. The second-order valence-corrected chi connectivity index (χ2v) is 5.05. The van der Waals surface area contributed by atoms with Crippen LogP contribution in [0.3, 0.4) is 0 Å². The van der Waals surface area contributed by atoms with E-state index >= 15 is 0 Å². The summed E-state index contributed by atoms with van der Waals surface area (Å²) in [6.07, 6.45) is 0. The molecule has 0 atom stereocenters. The van der Waals surface area contributed by atoms with Crippen molar-refractivity contribution in [3.8, 4) is 0 Å². The van der Waals surface area contributed by atoms with E-state index in [0.29, 0.717) is 10.8 Å². The van der Waals surface area contributed by atoms with Crippen LogP contribution in [-0.2, 0) is 12.3 Å². The van der Waals surface area contributed by atoms with Crippen molar-refractivity contribution in [1.82, 2.24) is 0 Å². The van der Waals surface area contributed by atoms with Gasteiger partial charge in [0.1, 0.15) is 5.82 Å². The Balaban J connectivity index is 2.69. The molecule has 0 bridgehead atoms. The van der Waals surface area contributed by atoms with Crippen LogP contribution in [0.4, 0.5) is 4.39 Å². The van der Waals surface area contributed by atoms with Gasteiger partial charge in [0.05, 0.1) is 0 Å². The van der Waals surface area contributed by atoms with Gasteiger partial charge in [-0.05, 0) is 16.9 Å². The highest BCUT2D eigenvalue weighted by molar-refractivity contribution is 7.99. The Hall–Kier alpha value is -0.540. The highest BCUT2D eigenvalue weighted by atomic mass is 32.2. The zero-order valence-corrected chi connectivity index (χ0v) is 9.40. The molecular formula is C11H16FNS. The Labute approximate surface area is 88.9 Å². The van der Waals surface area contributed by atoms with Crippen molar-refractivity contribution in [1.29, 1.82) is 0 Å². The molecule has 0 fully saturated rings. The lowest BCUT2D eigenvalue weighted by Crippen LogP contribution is -2.00. The number of halogens is 1. The predicted molar refractivity (Wildman–Crippen MR) is 60.7 cm³/mol. The van der Waals surface area contributed by atoms with Crippen molar-refractivity contribution >= 4 is 11.8 Å². The third-order valence-electron chi connectivity index (χ3n) is 1.91. The molecule has 0 unspecified atom stereocenters. The van der Waals surface area contributed by atoms with Crippen LogP contribution in [-0.4, -0.2) is 5.25 Å². The van der Waals surface area contributed by atoms with Crippen molar-refractivity contribution < 1.29 is 4.39 Å². The van der Waals surface area contributed by atoms with Gasteiger partial charge in [0.15, 0.2) is 0 Å². The van der Waals surface area contributed by atoms with Crippen LogP contribution in [0.15, 0.2) is 18.2 Å². The van der Waals surface area contributed by atoms with Crippen molar-refractivity contribution in [3.05, 3.63) is 35.1 Å². The van der Waals surface area contributed by atoms with Crippen LogP contribution < -0.4 is 5.73 Å². The summed E-state index contributed by atoms with van der Waals surface area (Å²) in [4.78, 5) is 0. The Morgan fingerprint density at radius 1 is 1.43 bits per heavy atom. The van der Waals surface area contributed by atoms with Gasteiger partial charge >= 0.3 is 0 Å². The Bertz CT molecular complexity index is 299. The number of hydrogen-bond donors (Lipinski definition) is 1. The lowest BCUT2D eigenvalue weighted by molar-refractivity contribution is 0.610. The van der Waals surface area contributed by atoms with Gasteiger partial charge in [0.2, 0.25) is 0 Å². The fourth-order valence-electron chi connectivity index (χ4n) is 1.14. The molecule has 1 rings (SSSR count). The lowest BCUT2D eigenvalue weighted by atomic mass is 10.1. The monoisotopic (exact) mass is 213 g/mol. The number of hydrogen-bond acceptors (Lipinski definition) is 2. The SMILES string of the molecule is CC(C)SCc1ccc(F)c(CN)c1. The van der Waals surface area contributed by atoms with E-state index in [-0.39, 0.29) is 12.4 Å². The fraction of sp³-hybridized carbons (Fsp3) is 0.455. The summed E-state index contributed by atoms with van der Waals surface area (Å²) in [5.41, 5.74) is 7.18. The van der Waals surface area contributed by atoms with E-state index in [2.05, 4.69) is 13.8 Å². The van der Waals surface area contributed by atoms with Gasteiger partial charge < -0.3 is 5.73 Å². The maximum Gasteiger partial charge on any atom is 0.127 e. The summed E-state index contributed by atoms with van der Waals surface area (Å²) in [5.74, 6) is 0.719. The smallest absolute Gasteiger partial charge is 0.127 e. The molecule has 1 aromatic carbocycles. The molecule has 0 amide bonds. The molecule has 0 radical (unpaired) electrons. The highest BCUT2D eigenvalue weighted by Crippen LogP contribution is 2.19. The van der Waals surface area contributed by atoms with Gasteiger partial charge in [-0.1, -0.05) is 26.0 Å². The Kier molecular flexibility index (Phi) is 4.42. The minimum Gasteiger partial charge on any atom is -0.326 e. The molecule has 0 saturated carbocycles. The summed E-state index contributed by atoms with van der Waals surface area (Å²) < 4.78 is 13.1. The van der Waals surface area contributed by atoms with Crippen molar-refractivity contribution in [2.45, 2.75) is 31.4 Å². The molecule has 78 valence electrons. The molecule has 0 spiro atoms. The molecule has 0 aliphatic rings. The molecule has 0 aromatic heterocycles. The van der Waals surface area contributed by atoms with Crippen LogP contribution in [0.2, 0.25) is 0 Å². The van der Waals surface area contributed by atoms with Crippen LogP contribution in [0.5, 0.6) is 0 Å². The first-order valence-electron chi connectivity index (χ1n) is 4.72. The zero-order chi connectivity index (χ0) is 10.6. The first-order valence-corrected chi connectivity index (χ1v) is 5.77. The molecule has 0 heterocycles. The van der Waals surface area contributed by atoms with E-state index in [1.807, 2.05) is 23.9 Å². The molecular weight excluding hydrogens is 197 g/mol. The molecule has 1 nitrogen and oxygen atoms in total. The molecule has 0 aliphatic heterocycles. The van der Waals surface area contributed by atoms with Crippen LogP contribution in [0.25, 0.3) is 0 Å². The average molecular weight is 213 g/mol. The first kappa shape index (κ1) is 11.5. The van der Waals surface area contributed by atoms with Crippen LogP contribution in [0.1, 0.15) is 25.0 Å². The summed E-state index contributed by atoms with van der Waals surface area (Å²) in [7, 11) is 0. The number of nitrogens with two attached hydrogens (primary N) is 1. The quantitative estimate of drug-likeness (QED) is 0.832. The second kappa shape index (κ2) is 5.37. The maximum atomic E-state index is 13.1. The van der Waals surface area contributed by atoms with E-state index in [4.69, 9.17) is 5.73 Å². The average Bonchev–Trinajstić information content (AvgIpc) is 2.16. The molecule has 2 N–H and O–H groups in total. The van der Waals surface area contributed by atoms with Crippen molar-refractivity contribution in [3.63, 3.8) is 0 Å². The summed E-state index contributed by atoms with van der Waals surface area (Å²) in [5, 5.41) is 0.598. The van der Waals surface area contributed by atoms with E-state index < -0.39 is 0 Å². The first-order chi connectivity index (χ1) is 6.63. The Morgan fingerprint density at radius 3 is 2.71 bits per heavy atom. The van der Waals surface area contributed by atoms with E-state index in [9.17, 15) is 4.39 Å². The summed E-state index contributed by atoms with van der Waals surface area (Å²) >= 11 is 1.85. The number of rotatable bonds is 4. The van der Waals surface area contributed by atoms with Gasteiger partial charge in [0, 0.05) is 17.9 Å². The number of benzene rings is 1. The maximum absolute atomic E-state index is 13.1. The largest absolute Gasteiger partial charge is 0.326 e. The normalized spacial score (nSPS) is 10.9. The van der Waals surface area contributed by atoms with E-state index in [0.717, 1.165) is 11.3 Å². The second-order valence-electron chi connectivity index (χ2n) is 3.49. The van der Waals surface area contributed by atoms with Crippen LogP contribution in [0, 0.1) is 5.82 Å². The third kappa shape index (κ3) is 3.31. The van der Waals surface area contributed by atoms with Gasteiger partial charge in [-0.2, -0.15) is 11.8 Å². The van der Waals surface area contributed by atoms with E-state index in [1.165, 1.54) is 6.07 Å². The third-order valence-corrected chi connectivity index (χ3v) is 3.08. The highest BCUT2D eigenvalue weighted by Gasteiger charge is 2.02. The molecule has 3 heteroatoms. The minimum atomic E-state index is -0.203. The fourth-order valence-corrected chi connectivity index (χ4v) is 1.84. The number of thioether (sulfide) groups is 1. The topological polar surface area (TPSA) is 26.0 Å². The van der Waals surface area contributed by atoms with Crippen molar-refractivity contribution in [2.75, 3.05) is 0 Å². The van der Waals surface area contributed by atoms with Gasteiger partial charge in [-0.25, -0.2) is 4.39 Å². The zero-order valence-electron chi connectivity index (χ0n) is 8.59. The van der Waals surface area contributed by atoms with E-state index in [1.54, 1.807) is 0 Å². The summed E-state index contributed by atoms with van der Waals surface area (Å²) in [6, 6.07) is 5.17. The van der Waals surface area contributed by atoms with Gasteiger partial charge in [-0.3, -0.25) is 0 Å². The lowest BCUT2D eigenvalue weighted by Gasteiger charge is -2.06. The Morgan fingerprint density at radius 2 is 2.14 bits per heavy atom. The van der Waals surface area contributed by atoms with Gasteiger partial charge in [-0.15, -0.1) is 0 Å². The minimum absolute atomic E-state index is 0.203. The molecule has 0 saturated heterocycles. The molecule has 14 heavy (non-hydrogen) atoms. The molecule has 1 aromatic rings. The summed E-state index contributed by atoms with van der Waals surface area (Å²) in [6.45, 7) is 4.57. The van der Waals surface area contributed by atoms with Crippen molar-refractivity contribution in [2.24, 2.45) is 5.73 Å². The van der Waals surface area contributed by atoms with Gasteiger partial charge in [0.25, 0.3) is 0 Å². The standard InChI is InChI=1S/C11H16FNS/c1-8(2)14-7-9-3-4-11(12)10(5-9)6-13/h3-5,8H,6-7,13H2,1-2H3. The predicted octanol–water partition coefficient (Wildman–Crippen LogP) is 2.93.